The lowest BCUT2D eigenvalue weighted by molar-refractivity contribution is 0.0740. The van der Waals surface area contributed by atoms with Gasteiger partial charge in [0.25, 0.3) is 5.91 Å². The molecule has 0 N–H and O–H groups in total. The summed E-state index contributed by atoms with van der Waals surface area (Å²) in [5, 5.41) is 0. The Morgan fingerprint density at radius 3 is 2.92 bits per heavy atom. The van der Waals surface area contributed by atoms with E-state index in [1.807, 2.05) is 6.33 Å². The van der Waals surface area contributed by atoms with Crippen LogP contribution in [0.3, 0.4) is 0 Å². The highest BCUT2D eigenvalue weighted by atomic mass is 19.1. The summed E-state index contributed by atoms with van der Waals surface area (Å²) in [5.74, 6) is -0.872. The molecule has 0 fully saturated rings. The zero-order valence-corrected chi connectivity index (χ0v) is 14.9. The number of pyridine rings is 1. The molecule has 1 aliphatic heterocycles. The Balaban J connectivity index is 1.84. The number of aryl methyl sites for hydroxylation is 1. The molecule has 0 aromatic carbocycles. The molecule has 0 spiro atoms. The molecule has 3 rings (SSSR count). The van der Waals surface area contributed by atoms with Gasteiger partial charge in [0.2, 0.25) is 0 Å². The van der Waals surface area contributed by atoms with E-state index in [1.165, 1.54) is 12.3 Å². The Hall–Kier alpha value is -2.28. The first-order valence-electron chi connectivity index (χ1n) is 8.59. The molecule has 6 nitrogen and oxygen atoms in total. The standard InChI is InChI=1S/C18H24FN5O/c1-13(2)22(3)10-16-17-11-23(7-4-8-24(17)12-21-16)18(25)14-5-6-20-9-15(14)19/h5-6,9,12-13H,4,7-8,10-11H2,1-3H3. The molecule has 2 aromatic heterocycles. The van der Waals surface area contributed by atoms with Crippen molar-refractivity contribution in [2.45, 2.75) is 45.9 Å². The maximum atomic E-state index is 13.9. The number of carbonyl (C=O) groups excluding carboxylic acids is 1. The molecular formula is C18H24FN5O. The predicted molar refractivity (Wildman–Crippen MR) is 92.4 cm³/mol. The minimum Gasteiger partial charge on any atom is -0.333 e. The first kappa shape index (κ1) is 17.5. The van der Waals surface area contributed by atoms with Crippen LogP contribution in [0.15, 0.2) is 24.8 Å². The SMILES string of the molecule is CC(C)N(C)Cc1ncn2c1CN(C(=O)c1ccncc1F)CCC2. The molecular weight excluding hydrogens is 321 g/mol. The molecule has 25 heavy (non-hydrogen) atoms. The van der Waals surface area contributed by atoms with Crippen LogP contribution in [-0.2, 0) is 19.6 Å². The smallest absolute Gasteiger partial charge is 0.257 e. The fourth-order valence-electron chi connectivity index (χ4n) is 2.96. The van der Waals surface area contributed by atoms with Crippen LogP contribution in [0, 0.1) is 5.82 Å². The van der Waals surface area contributed by atoms with Crippen LogP contribution in [0.1, 0.15) is 42.0 Å². The van der Waals surface area contributed by atoms with Crippen LogP contribution < -0.4 is 0 Å². The monoisotopic (exact) mass is 345 g/mol. The number of rotatable bonds is 4. The molecule has 1 amide bonds. The average molecular weight is 345 g/mol. The van der Waals surface area contributed by atoms with E-state index in [0.29, 0.717) is 19.1 Å². The molecule has 0 aliphatic carbocycles. The van der Waals surface area contributed by atoms with Gasteiger partial charge in [-0.2, -0.15) is 0 Å². The molecule has 3 heterocycles. The molecule has 0 saturated heterocycles. The van der Waals surface area contributed by atoms with Gasteiger partial charge in [-0.3, -0.25) is 14.7 Å². The maximum absolute atomic E-state index is 13.9. The van der Waals surface area contributed by atoms with Crippen LogP contribution in [0.5, 0.6) is 0 Å². The lowest BCUT2D eigenvalue weighted by Gasteiger charge is -2.23. The largest absolute Gasteiger partial charge is 0.333 e. The molecule has 7 heteroatoms. The number of halogens is 1. The van der Waals surface area contributed by atoms with Gasteiger partial charge < -0.3 is 9.47 Å². The van der Waals surface area contributed by atoms with Crippen LogP contribution in [0.25, 0.3) is 0 Å². The number of aromatic nitrogens is 3. The van der Waals surface area contributed by atoms with Gasteiger partial charge in [0, 0.05) is 31.9 Å². The summed E-state index contributed by atoms with van der Waals surface area (Å²) in [6, 6.07) is 1.85. The highest BCUT2D eigenvalue weighted by molar-refractivity contribution is 5.94. The molecule has 0 saturated carbocycles. The van der Waals surface area contributed by atoms with E-state index in [0.717, 1.165) is 37.1 Å². The second-order valence-corrected chi connectivity index (χ2v) is 6.78. The molecule has 2 aromatic rings. The predicted octanol–water partition coefficient (Wildman–Crippen LogP) is 2.30. The van der Waals surface area contributed by atoms with E-state index in [9.17, 15) is 9.18 Å². The molecule has 0 bridgehead atoms. The highest BCUT2D eigenvalue weighted by Gasteiger charge is 2.25. The summed E-state index contributed by atoms with van der Waals surface area (Å²) in [6.45, 7) is 6.86. The zero-order valence-electron chi connectivity index (χ0n) is 14.9. The molecule has 0 radical (unpaired) electrons. The summed E-state index contributed by atoms with van der Waals surface area (Å²) in [5.41, 5.74) is 2.09. The van der Waals surface area contributed by atoms with Crippen molar-refractivity contribution >= 4 is 5.91 Å². The van der Waals surface area contributed by atoms with Crippen LogP contribution in [0.4, 0.5) is 4.39 Å². The molecule has 0 atom stereocenters. The van der Waals surface area contributed by atoms with Crippen molar-refractivity contribution in [1.29, 1.82) is 0 Å². The summed E-state index contributed by atoms with van der Waals surface area (Å²) < 4.78 is 16.0. The van der Waals surface area contributed by atoms with E-state index in [2.05, 4.69) is 40.3 Å². The Labute approximate surface area is 147 Å². The zero-order chi connectivity index (χ0) is 18.0. The second kappa shape index (κ2) is 7.31. The summed E-state index contributed by atoms with van der Waals surface area (Å²) >= 11 is 0. The molecule has 1 aliphatic rings. The van der Waals surface area contributed by atoms with Crippen molar-refractivity contribution < 1.29 is 9.18 Å². The lowest BCUT2D eigenvalue weighted by Crippen LogP contribution is -2.32. The third-order valence-corrected chi connectivity index (χ3v) is 4.77. The maximum Gasteiger partial charge on any atom is 0.257 e. The number of carbonyl (C=O) groups is 1. The molecule has 134 valence electrons. The van der Waals surface area contributed by atoms with Gasteiger partial charge in [0.05, 0.1) is 36.0 Å². The fraction of sp³-hybridized carbons (Fsp3) is 0.500. The summed E-state index contributed by atoms with van der Waals surface area (Å²) in [7, 11) is 2.06. The number of nitrogens with zero attached hydrogens (tertiary/aromatic N) is 5. The van der Waals surface area contributed by atoms with E-state index in [-0.39, 0.29) is 11.5 Å². The van der Waals surface area contributed by atoms with Crippen LogP contribution >= 0.6 is 0 Å². The van der Waals surface area contributed by atoms with Gasteiger partial charge in [-0.15, -0.1) is 0 Å². The number of fused-ring (bicyclic) bond motifs is 1. The number of hydrogen-bond donors (Lipinski definition) is 0. The minimum absolute atomic E-state index is 0.0730. The van der Waals surface area contributed by atoms with Crippen molar-refractivity contribution in [1.82, 2.24) is 24.3 Å². The van der Waals surface area contributed by atoms with E-state index >= 15 is 0 Å². The summed E-state index contributed by atoms with van der Waals surface area (Å²) in [6.07, 6.45) is 5.20. The van der Waals surface area contributed by atoms with Gasteiger partial charge in [-0.25, -0.2) is 9.37 Å². The van der Waals surface area contributed by atoms with Crippen LogP contribution in [-0.4, -0.2) is 49.9 Å². The lowest BCUT2D eigenvalue weighted by atomic mass is 10.2. The van der Waals surface area contributed by atoms with Crippen molar-refractivity contribution in [3.05, 3.63) is 47.6 Å². The van der Waals surface area contributed by atoms with Crippen LogP contribution in [0.2, 0.25) is 0 Å². The Kier molecular flexibility index (Phi) is 5.13. The Morgan fingerprint density at radius 1 is 1.40 bits per heavy atom. The van der Waals surface area contributed by atoms with Crippen molar-refractivity contribution in [3.8, 4) is 0 Å². The normalized spacial score (nSPS) is 14.7. The topological polar surface area (TPSA) is 54.3 Å². The number of hydrogen-bond acceptors (Lipinski definition) is 4. The van der Waals surface area contributed by atoms with Gasteiger partial charge in [0.1, 0.15) is 0 Å². The minimum atomic E-state index is -0.579. The Bertz CT molecular complexity index is 758. The van der Waals surface area contributed by atoms with E-state index < -0.39 is 5.82 Å². The van der Waals surface area contributed by atoms with Crippen molar-refractivity contribution in [2.75, 3.05) is 13.6 Å². The summed E-state index contributed by atoms with van der Waals surface area (Å²) in [4.78, 5) is 24.9. The van der Waals surface area contributed by atoms with E-state index in [1.54, 1.807) is 4.90 Å². The van der Waals surface area contributed by atoms with Gasteiger partial charge in [-0.05, 0) is 33.4 Å². The fourth-order valence-corrected chi connectivity index (χ4v) is 2.96. The van der Waals surface area contributed by atoms with Crippen molar-refractivity contribution in [2.24, 2.45) is 0 Å². The molecule has 0 unspecified atom stereocenters. The average Bonchev–Trinajstić information content (AvgIpc) is 2.83. The first-order chi connectivity index (χ1) is 12.0. The highest BCUT2D eigenvalue weighted by Crippen LogP contribution is 2.20. The second-order valence-electron chi connectivity index (χ2n) is 6.78. The van der Waals surface area contributed by atoms with E-state index in [4.69, 9.17) is 0 Å². The van der Waals surface area contributed by atoms with Gasteiger partial charge in [-0.1, -0.05) is 0 Å². The first-order valence-corrected chi connectivity index (χ1v) is 8.59. The van der Waals surface area contributed by atoms with Crippen molar-refractivity contribution in [3.63, 3.8) is 0 Å². The third kappa shape index (κ3) is 3.71. The Morgan fingerprint density at radius 2 is 2.20 bits per heavy atom. The number of amides is 1. The van der Waals surface area contributed by atoms with Gasteiger partial charge >= 0.3 is 0 Å². The third-order valence-electron chi connectivity index (χ3n) is 4.77. The number of imidazole rings is 1. The van der Waals surface area contributed by atoms with Gasteiger partial charge in [0.15, 0.2) is 5.82 Å². The quantitative estimate of drug-likeness (QED) is 0.853.